The molecule has 1 aliphatic rings. The molecule has 2 unspecified atom stereocenters. The van der Waals surface area contributed by atoms with E-state index in [1.54, 1.807) is 0 Å². The van der Waals surface area contributed by atoms with Gasteiger partial charge in [0.1, 0.15) is 0 Å². The zero-order chi connectivity index (χ0) is 10.4. The minimum absolute atomic E-state index is 0.0994. The van der Waals surface area contributed by atoms with Gasteiger partial charge in [-0.3, -0.25) is 4.90 Å². The topological polar surface area (TPSA) is 39.1 Å². The summed E-state index contributed by atoms with van der Waals surface area (Å²) in [6, 6.07) is 3.08. The highest BCUT2D eigenvalue weighted by Crippen LogP contribution is 2.10. The molecule has 1 rings (SSSR count). The SMILES string of the molecule is CCC(C#N)N(CC)CC1CCCN1. The number of nitrogens with zero attached hydrogens (tertiary/aromatic N) is 2. The van der Waals surface area contributed by atoms with Crippen molar-refractivity contribution in [3.63, 3.8) is 0 Å². The molecule has 0 saturated carbocycles. The maximum atomic E-state index is 8.99. The number of likely N-dealkylation sites (N-methyl/N-ethyl adjacent to an activating group) is 1. The molecule has 1 heterocycles. The van der Waals surface area contributed by atoms with Gasteiger partial charge < -0.3 is 5.32 Å². The lowest BCUT2D eigenvalue weighted by atomic mass is 10.1. The highest BCUT2D eigenvalue weighted by molar-refractivity contribution is 4.92. The van der Waals surface area contributed by atoms with Crippen LogP contribution in [0.2, 0.25) is 0 Å². The summed E-state index contributed by atoms with van der Waals surface area (Å²) >= 11 is 0. The first-order valence-electron chi connectivity index (χ1n) is 5.68. The van der Waals surface area contributed by atoms with E-state index in [4.69, 9.17) is 5.26 Å². The van der Waals surface area contributed by atoms with Crippen LogP contribution in [0.1, 0.15) is 33.1 Å². The molecule has 14 heavy (non-hydrogen) atoms. The molecular formula is C11H21N3. The molecule has 1 fully saturated rings. The highest BCUT2D eigenvalue weighted by Gasteiger charge is 2.21. The van der Waals surface area contributed by atoms with E-state index in [9.17, 15) is 0 Å². The van der Waals surface area contributed by atoms with Crippen LogP contribution in [-0.2, 0) is 0 Å². The molecule has 2 atom stereocenters. The maximum Gasteiger partial charge on any atom is 0.0975 e. The van der Waals surface area contributed by atoms with E-state index in [0.29, 0.717) is 6.04 Å². The molecule has 1 N–H and O–H groups in total. The van der Waals surface area contributed by atoms with Gasteiger partial charge in [0, 0.05) is 12.6 Å². The van der Waals surface area contributed by atoms with Gasteiger partial charge in [0.05, 0.1) is 12.1 Å². The van der Waals surface area contributed by atoms with E-state index in [1.807, 2.05) is 0 Å². The Kier molecular flexibility index (Phi) is 4.92. The number of rotatable bonds is 5. The number of nitriles is 1. The molecule has 0 aromatic heterocycles. The Hall–Kier alpha value is -0.590. The standard InChI is InChI=1S/C11H21N3/c1-3-11(8-12)14(4-2)9-10-6-5-7-13-10/h10-11,13H,3-7,9H2,1-2H3. The van der Waals surface area contributed by atoms with E-state index in [-0.39, 0.29) is 6.04 Å². The second-order valence-electron chi connectivity index (χ2n) is 3.93. The predicted octanol–water partition coefficient (Wildman–Crippen LogP) is 1.36. The molecule has 1 saturated heterocycles. The number of nitrogens with one attached hydrogen (secondary N) is 1. The molecule has 0 spiro atoms. The molecule has 80 valence electrons. The van der Waals surface area contributed by atoms with E-state index < -0.39 is 0 Å². The van der Waals surface area contributed by atoms with E-state index in [2.05, 4.69) is 30.1 Å². The lowest BCUT2D eigenvalue weighted by Crippen LogP contribution is -2.42. The Bertz CT molecular complexity index is 191. The van der Waals surface area contributed by atoms with Gasteiger partial charge in [-0.2, -0.15) is 5.26 Å². The summed E-state index contributed by atoms with van der Waals surface area (Å²) in [6.07, 6.45) is 3.47. The molecule has 0 aromatic carbocycles. The van der Waals surface area contributed by atoms with Crippen molar-refractivity contribution in [2.24, 2.45) is 0 Å². The van der Waals surface area contributed by atoms with Crippen molar-refractivity contribution < 1.29 is 0 Å². The monoisotopic (exact) mass is 195 g/mol. The van der Waals surface area contributed by atoms with Gasteiger partial charge >= 0.3 is 0 Å². The van der Waals surface area contributed by atoms with Crippen molar-refractivity contribution in [2.45, 2.75) is 45.2 Å². The summed E-state index contributed by atoms with van der Waals surface area (Å²) in [6.45, 7) is 7.37. The van der Waals surface area contributed by atoms with Crippen molar-refractivity contribution >= 4 is 0 Å². The van der Waals surface area contributed by atoms with Crippen LogP contribution in [-0.4, -0.2) is 36.6 Å². The third-order valence-electron chi connectivity index (χ3n) is 3.00. The van der Waals surface area contributed by atoms with Gasteiger partial charge in [-0.25, -0.2) is 0 Å². The fourth-order valence-corrected chi connectivity index (χ4v) is 2.10. The fourth-order valence-electron chi connectivity index (χ4n) is 2.10. The second-order valence-corrected chi connectivity index (χ2v) is 3.93. The Morgan fingerprint density at radius 2 is 2.36 bits per heavy atom. The first-order valence-corrected chi connectivity index (χ1v) is 5.68. The minimum atomic E-state index is 0.0994. The summed E-state index contributed by atoms with van der Waals surface area (Å²) in [5, 5.41) is 12.5. The van der Waals surface area contributed by atoms with Crippen LogP contribution in [0, 0.1) is 11.3 Å². The lowest BCUT2D eigenvalue weighted by molar-refractivity contribution is 0.220. The smallest absolute Gasteiger partial charge is 0.0975 e. The summed E-state index contributed by atoms with van der Waals surface area (Å²) in [7, 11) is 0. The van der Waals surface area contributed by atoms with E-state index >= 15 is 0 Å². The zero-order valence-corrected chi connectivity index (χ0v) is 9.29. The zero-order valence-electron chi connectivity index (χ0n) is 9.29. The van der Waals surface area contributed by atoms with Gasteiger partial charge in [-0.1, -0.05) is 13.8 Å². The Morgan fingerprint density at radius 1 is 1.57 bits per heavy atom. The number of hydrogen-bond donors (Lipinski definition) is 1. The molecule has 0 aromatic rings. The van der Waals surface area contributed by atoms with Gasteiger partial charge in [0.25, 0.3) is 0 Å². The Balaban J connectivity index is 2.40. The molecule has 3 nitrogen and oxygen atoms in total. The van der Waals surface area contributed by atoms with Gasteiger partial charge in [-0.05, 0) is 32.4 Å². The van der Waals surface area contributed by atoms with Crippen molar-refractivity contribution in [1.82, 2.24) is 10.2 Å². The average Bonchev–Trinajstić information content (AvgIpc) is 2.70. The molecule has 0 aliphatic carbocycles. The Morgan fingerprint density at radius 3 is 2.79 bits per heavy atom. The third-order valence-corrected chi connectivity index (χ3v) is 3.00. The Labute approximate surface area is 87.1 Å². The third kappa shape index (κ3) is 2.97. The fraction of sp³-hybridized carbons (Fsp3) is 0.909. The van der Waals surface area contributed by atoms with Crippen LogP contribution in [0.15, 0.2) is 0 Å². The van der Waals surface area contributed by atoms with Crippen LogP contribution in [0.5, 0.6) is 0 Å². The maximum absolute atomic E-state index is 8.99. The second kappa shape index (κ2) is 6.00. The summed E-state index contributed by atoms with van der Waals surface area (Å²) in [4.78, 5) is 2.28. The van der Waals surface area contributed by atoms with Crippen LogP contribution in [0.25, 0.3) is 0 Å². The number of hydrogen-bond acceptors (Lipinski definition) is 3. The quantitative estimate of drug-likeness (QED) is 0.720. The van der Waals surface area contributed by atoms with Crippen LogP contribution < -0.4 is 5.32 Å². The molecule has 0 radical (unpaired) electrons. The molecule has 3 heteroatoms. The van der Waals surface area contributed by atoms with Crippen molar-refractivity contribution in [2.75, 3.05) is 19.6 Å². The van der Waals surface area contributed by atoms with Gasteiger partial charge in [0.2, 0.25) is 0 Å². The normalized spacial score (nSPS) is 23.7. The summed E-state index contributed by atoms with van der Waals surface area (Å²) in [5.41, 5.74) is 0. The van der Waals surface area contributed by atoms with Crippen molar-refractivity contribution in [3.8, 4) is 6.07 Å². The predicted molar refractivity (Wildman–Crippen MR) is 58.0 cm³/mol. The van der Waals surface area contributed by atoms with Crippen LogP contribution >= 0.6 is 0 Å². The molecule has 1 aliphatic heterocycles. The summed E-state index contributed by atoms with van der Waals surface area (Å²) in [5.74, 6) is 0. The average molecular weight is 195 g/mol. The van der Waals surface area contributed by atoms with Crippen LogP contribution in [0.3, 0.4) is 0 Å². The minimum Gasteiger partial charge on any atom is -0.313 e. The highest BCUT2D eigenvalue weighted by atomic mass is 15.2. The molecular weight excluding hydrogens is 174 g/mol. The summed E-state index contributed by atoms with van der Waals surface area (Å²) < 4.78 is 0. The van der Waals surface area contributed by atoms with Gasteiger partial charge in [-0.15, -0.1) is 0 Å². The molecule has 0 amide bonds. The van der Waals surface area contributed by atoms with E-state index in [0.717, 1.165) is 26.1 Å². The lowest BCUT2D eigenvalue weighted by Gasteiger charge is -2.27. The first-order chi connectivity index (χ1) is 6.81. The van der Waals surface area contributed by atoms with Crippen molar-refractivity contribution in [1.29, 1.82) is 5.26 Å². The van der Waals surface area contributed by atoms with Crippen molar-refractivity contribution in [3.05, 3.63) is 0 Å². The van der Waals surface area contributed by atoms with E-state index in [1.165, 1.54) is 12.8 Å². The largest absolute Gasteiger partial charge is 0.313 e. The van der Waals surface area contributed by atoms with Crippen LogP contribution in [0.4, 0.5) is 0 Å². The molecule has 0 bridgehead atoms. The first kappa shape index (κ1) is 11.5. The van der Waals surface area contributed by atoms with Gasteiger partial charge in [0.15, 0.2) is 0 Å².